The van der Waals surface area contributed by atoms with Crippen LogP contribution in [0.5, 0.6) is 0 Å². The number of sulfonamides is 1. The maximum atomic E-state index is 12.2. The van der Waals surface area contributed by atoms with Gasteiger partial charge in [0, 0.05) is 26.3 Å². The molecule has 1 aromatic rings. The third kappa shape index (κ3) is 3.80. The van der Waals surface area contributed by atoms with Crippen LogP contribution in [0.25, 0.3) is 0 Å². The second-order valence-corrected chi connectivity index (χ2v) is 8.04. The predicted molar refractivity (Wildman–Crippen MR) is 92.5 cm³/mol. The standard InChI is InChI=1S/C14H20N4O3S2/c1-17(2)23(20,21)11-6-3-5-10(9-11)16-14(22)18-8-4-7-12(18)13(15)19/h3,5-6,9,12H,4,7-8H2,1-2H3,(H2,15,19)(H,16,22)/t12-/m0/s1. The fourth-order valence-corrected chi connectivity index (χ4v) is 3.73. The van der Waals surface area contributed by atoms with Crippen molar-refractivity contribution in [3.05, 3.63) is 24.3 Å². The van der Waals surface area contributed by atoms with E-state index in [1.54, 1.807) is 17.0 Å². The number of amides is 1. The molecule has 126 valence electrons. The Bertz CT molecular complexity index is 718. The van der Waals surface area contributed by atoms with Crippen LogP contribution in [0.3, 0.4) is 0 Å². The van der Waals surface area contributed by atoms with Gasteiger partial charge in [0.15, 0.2) is 5.11 Å². The number of primary amides is 1. The Morgan fingerprint density at radius 1 is 1.43 bits per heavy atom. The molecule has 0 spiro atoms. The van der Waals surface area contributed by atoms with Crippen LogP contribution in [-0.2, 0) is 14.8 Å². The van der Waals surface area contributed by atoms with Crippen molar-refractivity contribution in [3.8, 4) is 0 Å². The summed E-state index contributed by atoms with van der Waals surface area (Å²) in [5.41, 5.74) is 5.93. The first-order valence-electron chi connectivity index (χ1n) is 7.13. The van der Waals surface area contributed by atoms with Crippen LogP contribution in [0.2, 0.25) is 0 Å². The molecule has 0 saturated carbocycles. The van der Waals surface area contributed by atoms with Gasteiger partial charge in [0.2, 0.25) is 15.9 Å². The van der Waals surface area contributed by atoms with E-state index in [4.69, 9.17) is 18.0 Å². The summed E-state index contributed by atoms with van der Waals surface area (Å²) in [6.45, 7) is 0.648. The van der Waals surface area contributed by atoms with Crippen LogP contribution in [0.4, 0.5) is 5.69 Å². The smallest absolute Gasteiger partial charge is 0.242 e. The van der Waals surface area contributed by atoms with Gasteiger partial charge in [0.05, 0.1) is 4.90 Å². The number of nitrogens with two attached hydrogens (primary N) is 1. The summed E-state index contributed by atoms with van der Waals surface area (Å²) in [5.74, 6) is -0.407. The number of thiocarbonyl (C=S) groups is 1. The molecule has 1 aromatic carbocycles. The van der Waals surface area contributed by atoms with E-state index in [0.29, 0.717) is 23.8 Å². The average molecular weight is 356 g/mol. The SMILES string of the molecule is CN(C)S(=O)(=O)c1cccc(NC(=S)N2CCC[C@H]2C(N)=O)c1. The Morgan fingerprint density at radius 2 is 2.13 bits per heavy atom. The zero-order chi connectivity index (χ0) is 17.2. The number of carbonyl (C=O) groups is 1. The number of anilines is 1. The zero-order valence-electron chi connectivity index (χ0n) is 13.0. The van der Waals surface area contributed by atoms with Crippen molar-refractivity contribution >= 4 is 38.9 Å². The minimum absolute atomic E-state index is 0.170. The van der Waals surface area contributed by atoms with E-state index in [9.17, 15) is 13.2 Å². The van der Waals surface area contributed by atoms with E-state index < -0.39 is 22.0 Å². The van der Waals surface area contributed by atoms with Crippen molar-refractivity contribution in [2.75, 3.05) is 26.0 Å². The lowest BCUT2D eigenvalue weighted by Gasteiger charge is -2.25. The molecule has 2 rings (SSSR count). The highest BCUT2D eigenvalue weighted by atomic mass is 32.2. The zero-order valence-corrected chi connectivity index (χ0v) is 14.7. The van der Waals surface area contributed by atoms with Gasteiger partial charge >= 0.3 is 0 Å². The second kappa shape index (κ2) is 6.81. The number of nitrogens with one attached hydrogen (secondary N) is 1. The van der Waals surface area contributed by atoms with Crippen molar-refractivity contribution in [3.63, 3.8) is 0 Å². The maximum absolute atomic E-state index is 12.2. The quantitative estimate of drug-likeness (QED) is 0.767. The minimum atomic E-state index is -3.52. The third-order valence-corrected chi connectivity index (χ3v) is 5.85. The van der Waals surface area contributed by atoms with E-state index in [1.807, 2.05) is 0 Å². The summed E-state index contributed by atoms with van der Waals surface area (Å²) in [6, 6.07) is 5.97. The van der Waals surface area contributed by atoms with Crippen LogP contribution in [0.15, 0.2) is 29.2 Å². The van der Waals surface area contributed by atoms with Crippen molar-refractivity contribution in [2.24, 2.45) is 5.73 Å². The van der Waals surface area contributed by atoms with E-state index in [-0.39, 0.29) is 4.90 Å². The van der Waals surface area contributed by atoms with E-state index in [0.717, 1.165) is 10.7 Å². The molecule has 0 bridgehead atoms. The molecule has 9 heteroatoms. The minimum Gasteiger partial charge on any atom is -0.368 e. The molecule has 1 aliphatic heterocycles. The largest absolute Gasteiger partial charge is 0.368 e. The Balaban J connectivity index is 2.18. The van der Waals surface area contributed by atoms with Crippen LogP contribution >= 0.6 is 12.2 Å². The predicted octanol–water partition coefficient (Wildman–Crippen LogP) is 0.583. The fourth-order valence-electron chi connectivity index (χ4n) is 2.45. The summed E-state index contributed by atoms with van der Waals surface area (Å²) in [4.78, 5) is 13.3. The Hall–Kier alpha value is -1.71. The van der Waals surface area contributed by atoms with Gasteiger partial charge in [0.1, 0.15) is 6.04 Å². The molecule has 3 N–H and O–H groups in total. The number of hydrogen-bond acceptors (Lipinski definition) is 4. The summed E-state index contributed by atoms with van der Waals surface area (Å²) < 4.78 is 25.5. The lowest BCUT2D eigenvalue weighted by atomic mass is 10.2. The van der Waals surface area contributed by atoms with Gasteiger partial charge in [-0.2, -0.15) is 0 Å². The maximum Gasteiger partial charge on any atom is 0.242 e. The molecule has 1 amide bonds. The average Bonchev–Trinajstić information content (AvgIpc) is 2.97. The van der Waals surface area contributed by atoms with E-state index >= 15 is 0 Å². The lowest BCUT2D eigenvalue weighted by Crippen LogP contribution is -2.45. The third-order valence-electron chi connectivity index (χ3n) is 3.71. The fraction of sp³-hybridized carbons (Fsp3) is 0.429. The Labute approximate surface area is 141 Å². The Morgan fingerprint density at radius 3 is 2.74 bits per heavy atom. The molecular formula is C14H20N4O3S2. The normalized spacial score (nSPS) is 18.2. The number of nitrogens with zero attached hydrogens (tertiary/aromatic N) is 2. The molecule has 1 heterocycles. The van der Waals surface area contributed by atoms with Gasteiger partial charge in [-0.25, -0.2) is 12.7 Å². The van der Waals surface area contributed by atoms with Gasteiger partial charge in [-0.05, 0) is 43.3 Å². The highest BCUT2D eigenvalue weighted by molar-refractivity contribution is 7.89. The summed E-state index contributed by atoms with van der Waals surface area (Å²) in [5, 5.41) is 3.35. The van der Waals surface area contributed by atoms with Crippen LogP contribution in [0.1, 0.15) is 12.8 Å². The summed E-state index contributed by atoms with van der Waals surface area (Å²) in [7, 11) is -0.568. The van der Waals surface area contributed by atoms with Crippen molar-refractivity contribution in [2.45, 2.75) is 23.8 Å². The van der Waals surface area contributed by atoms with Crippen LogP contribution in [0, 0.1) is 0 Å². The second-order valence-electron chi connectivity index (χ2n) is 5.50. The van der Waals surface area contributed by atoms with Gasteiger partial charge < -0.3 is 16.0 Å². The van der Waals surface area contributed by atoms with Gasteiger partial charge in [0.25, 0.3) is 0 Å². The first-order chi connectivity index (χ1) is 10.7. The first-order valence-corrected chi connectivity index (χ1v) is 8.98. The lowest BCUT2D eigenvalue weighted by molar-refractivity contribution is -0.121. The number of likely N-dealkylation sites (tertiary alicyclic amines) is 1. The molecule has 7 nitrogen and oxygen atoms in total. The molecule has 0 radical (unpaired) electrons. The van der Waals surface area contributed by atoms with Crippen LogP contribution in [-0.4, -0.2) is 55.3 Å². The molecule has 0 aromatic heterocycles. The summed E-state index contributed by atoms with van der Waals surface area (Å²) in [6.07, 6.45) is 1.51. The van der Waals surface area contributed by atoms with Crippen molar-refractivity contribution in [1.29, 1.82) is 0 Å². The molecule has 0 aliphatic carbocycles. The molecule has 1 fully saturated rings. The molecular weight excluding hydrogens is 336 g/mol. The molecule has 1 saturated heterocycles. The van der Waals surface area contributed by atoms with E-state index in [1.165, 1.54) is 26.2 Å². The molecule has 0 unspecified atom stereocenters. The number of rotatable bonds is 4. The van der Waals surface area contributed by atoms with Crippen molar-refractivity contribution in [1.82, 2.24) is 9.21 Å². The highest BCUT2D eigenvalue weighted by Crippen LogP contribution is 2.21. The van der Waals surface area contributed by atoms with Crippen LogP contribution < -0.4 is 11.1 Å². The van der Waals surface area contributed by atoms with Gasteiger partial charge in [-0.1, -0.05) is 6.07 Å². The molecule has 23 heavy (non-hydrogen) atoms. The summed E-state index contributed by atoms with van der Waals surface area (Å²) >= 11 is 5.33. The monoisotopic (exact) mass is 356 g/mol. The van der Waals surface area contributed by atoms with E-state index in [2.05, 4.69) is 5.32 Å². The van der Waals surface area contributed by atoms with Crippen molar-refractivity contribution < 1.29 is 13.2 Å². The molecule has 1 atom stereocenters. The molecule has 1 aliphatic rings. The number of benzene rings is 1. The number of carbonyl (C=O) groups excluding carboxylic acids is 1. The first kappa shape index (κ1) is 17.6. The van der Waals surface area contributed by atoms with Gasteiger partial charge in [-0.15, -0.1) is 0 Å². The number of hydrogen-bond donors (Lipinski definition) is 2. The Kier molecular flexibility index (Phi) is 5.23. The van der Waals surface area contributed by atoms with Gasteiger partial charge in [-0.3, -0.25) is 4.79 Å². The highest BCUT2D eigenvalue weighted by Gasteiger charge is 2.30. The topological polar surface area (TPSA) is 95.7 Å².